The molecule has 2 aromatic rings. The van der Waals surface area contributed by atoms with Crippen LogP contribution in [0.3, 0.4) is 0 Å². The molecule has 0 unspecified atom stereocenters. The molecule has 1 aromatic carbocycles. The maximum absolute atomic E-state index is 14.6. The average Bonchev–Trinajstić information content (AvgIpc) is 2.45. The van der Waals surface area contributed by atoms with Gasteiger partial charge in [-0.25, -0.2) is 4.39 Å². The van der Waals surface area contributed by atoms with Crippen LogP contribution in [-0.4, -0.2) is 11.3 Å². The first-order valence-electron chi connectivity index (χ1n) is 6.04. The molecular formula is C14H10ClF4NOS. The Bertz CT molecular complexity index is 648. The normalized spacial score (nSPS) is 13.0. The number of nitrogens with zero attached hydrogens (tertiary/aromatic N) is 1. The summed E-state index contributed by atoms with van der Waals surface area (Å²) < 4.78 is 54.6. The Balaban J connectivity index is 2.29. The van der Waals surface area contributed by atoms with Gasteiger partial charge in [-0.15, -0.1) is 13.2 Å². The number of rotatable bonds is 4. The maximum Gasteiger partial charge on any atom is 0.573 e. The van der Waals surface area contributed by atoms with E-state index in [4.69, 9.17) is 11.6 Å². The van der Waals surface area contributed by atoms with Crippen LogP contribution < -0.4 is 4.74 Å². The van der Waals surface area contributed by atoms with Gasteiger partial charge in [0.25, 0.3) is 0 Å². The van der Waals surface area contributed by atoms with Crippen molar-refractivity contribution in [2.45, 2.75) is 18.3 Å². The minimum absolute atomic E-state index is 0.134. The first-order chi connectivity index (χ1) is 10.3. The summed E-state index contributed by atoms with van der Waals surface area (Å²) in [6.07, 6.45) is -3.64. The van der Waals surface area contributed by atoms with E-state index in [1.807, 2.05) is 0 Å². The van der Waals surface area contributed by atoms with Gasteiger partial charge in [-0.2, -0.15) is 12.6 Å². The summed E-state index contributed by atoms with van der Waals surface area (Å²) in [5.74, 6) is -0.183. The molecule has 0 bridgehead atoms. The second-order valence-corrected chi connectivity index (χ2v) is 5.06. The highest BCUT2D eigenvalue weighted by molar-refractivity contribution is 7.79. The maximum atomic E-state index is 14.6. The largest absolute Gasteiger partial charge is 0.573 e. The van der Waals surface area contributed by atoms with E-state index in [1.54, 1.807) is 0 Å². The van der Waals surface area contributed by atoms with Gasteiger partial charge in [-0.3, -0.25) is 4.98 Å². The molecule has 1 aromatic heterocycles. The lowest BCUT2D eigenvalue weighted by molar-refractivity contribution is -0.274. The van der Waals surface area contributed by atoms with Crippen molar-refractivity contribution < 1.29 is 22.3 Å². The number of pyridine rings is 1. The van der Waals surface area contributed by atoms with Crippen LogP contribution in [0.15, 0.2) is 36.7 Å². The summed E-state index contributed by atoms with van der Waals surface area (Å²) in [6, 6.07) is 4.52. The zero-order valence-electron chi connectivity index (χ0n) is 10.9. The van der Waals surface area contributed by atoms with Gasteiger partial charge in [0.05, 0.1) is 5.02 Å². The number of benzene rings is 1. The molecule has 2 rings (SSSR count). The van der Waals surface area contributed by atoms with E-state index in [-0.39, 0.29) is 21.9 Å². The lowest BCUT2D eigenvalue weighted by atomic mass is 10.00. The smallest absolute Gasteiger partial charge is 0.406 e. The molecule has 0 spiro atoms. The first kappa shape index (κ1) is 16.9. The number of hydrogen-bond acceptors (Lipinski definition) is 3. The molecule has 0 aliphatic carbocycles. The summed E-state index contributed by atoms with van der Waals surface area (Å²) in [4.78, 5) is 3.85. The lowest BCUT2D eigenvalue weighted by Crippen LogP contribution is -2.17. The highest BCUT2D eigenvalue weighted by Crippen LogP contribution is 2.35. The molecule has 22 heavy (non-hydrogen) atoms. The number of aromatic nitrogens is 1. The van der Waals surface area contributed by atoms with Crippen LogP contribution in [0, 0.1) is 0 Å². The summed E-state index contributed by atoms with van der Waals surface area (Å²) in [7, 11) is 0. The Morgan fingerprint density at radius 2 is 1.82 bits per heavy atom. The summed E-state index contributed by atoms with van der Waals surface area (Å²) >= 11 is 10.0. The molecular weight excluding hydrogens is 342 g/mol. The van der Waals surface area contributed by atoms with E-state index >= 15 is 0 Å². The Morgan fingerprint density at radius 3 is 2.36 bits per heavy atom. The molecule has 0 aliphatic rings. The molecule has 1 atom stereocenters. The molecule has 0 fully saturated rings. The molecule has 0 radical (unpaired) electrons. The third kappa shape index (κ3) is 4.04. The molecule has 1 heterocycles. The van der Waals surface area contributed by atoms with E-state index < -0.39 is 18.3 Å². The summed E-state index contributed by atoms with van der Waals surface area (Å²) in [5.41, 5.74) is 0.876. The zero-order valence-corrected chi connectivity index (χ0v) is 12.6. The van der Waals surface area contributed by atoms with Gasteiger partial charge in [0, 0.05) is 23.7 Å². The van der Waals surface area contributed by atoms with Crippen LogP contribution >= 0.6 is 24.2 Å². The number of alkyl halides is 4. The van der Waals surface area contributed by atoms with Gasteiger partial charge in [0.1, 0.15) is 5.75 Å². The number of thiol groups is 1. The molecule has 0 saturated heterocycles. The SMILES string of the molecule is F[C@@H](c1ccc(OC(F)(F)F)cc1)c1c(Cl)cncc1CS. The average molecular weight is 352 g/mol. The molecule has 0 saturated carbocycles. The highest BCUT2D eigenvalue weighted by Gasteiger charge is 2.31. The number of ether oxygens (including phenoxy) is 1. The van der Waals surface area contributed by atoms with Crippen molar-refractivity contribution in [3.05, 3.63) is 58.4 Å². The molecule has 0 aliphatic heterocycles. The fraction of sp³-hybridized carbons (Fsp3) is 0.214. The van der Waals surface area contributed by atoms with Crippen LogP contribution in [0.5, 0.6) is 5.75 Å². The van der Waals surface area contributed by atoms with Crippen LogP contribution in [0.1, 0.15) is 22.9 Å². The Kier molecular flexibility index (Phi) is 5.18. The fourth-order valence-electron chi connectivity index (χ4n) is 1.90. The predicted octanol–water partition coefficient (Wildman–Crippen LogP) is 5.12. The van der Waals surface area contributed by atoms with Gasteiger partial charge >= 0.3 is 6.36 Å². The van der Waals surface area contributed by atoms with Crippen molar-refractivity contribution in [2.75, 3.05) is 0 Å². The van der Waals surface area contributed by atoms with Crippen LogP contribution in [0.4, 0.5) is 17.6 Å². The van der Waals surface area contributed by atoms with Crippen molar-refractivity contribution in [2.24, 2.45) is 0 Å². The Hall–Kier alpha value is -1.47. The minimum atomic E-state index is -4.79. The van der Waals surface area contributed by atoms with Crippen LogP contribution in [0.25, 0.3) is 0 Å². The molecule has 2 nitrogen and oxygen atoms in total. The fourth-order valence-corrected chi connectivity index (χ4v) is 2.43. The second-order valence-electron chi connectivity index (χ2n) is 4.33. The van der Waals surface area contributed by atoms with Crippen molar-refractivity contribution in [3.63, 3.8) is 0 Å². The lowest BCUT2D eigenvalue weighted by Gasteiger charge is -2.15. The summed E-state index contributed by atoms with van der Waals surface area (Å²) in [5, 5.41) is 0.134. The van der Waals surface area contributed by atoms with E-state index in [0.29, 0.717) is 5.56 Å². The predicted molar refractivity (Wildman–Crippen MR) is 78.0 cm³/mol. The van der Waals surface area contributed by atoms with Crippen molar-refractivity contribution in [3.8, 4) is 5.75 Å². The Labute approximate surface area is 134 Å². The second kappa shape index (κ2) is 6.75. The van der Waals surface area contributed by atoms with E-state index in [2.05, 4.69) is 22.3 Å². The third-order valence-electron chi connectivity index (χ3n) is 2.85. The van der Waals surface area contributed by atoms with Gasteiger partial charge in [0.15, 0.2) is 6.17 Å². The van der Waals surface area contributed by atoms with Crippen LogP contribution in [0.2, 0.25) is 5.02 Å². The number of hydrogen-bond donors (Lipinski definition) is 1. The quantitative estimate of drug-likeness (QED) is 0.610. The van der Waals surface area contributed by atoms with Gasteiger partial charge < -0.3 is 4.74 Å². The third-order valence-corrected chi connectivity index (χ3v) is 3.49. The van der Waals surface area contributed by atoms with E-state index in [9.17, 15) is 17.6 Å². The van der Waals surface area contributed by atoms with Crippen molar-refractivity contribution in [1.29, 1.82) is 0 Å². The van der Waals surface area contributed by atoms with Gasteiger partial charge in [0.2, 0.25) is 0 Å². The molecule has 8 heteroatoms. The molecule has 0 N–H and O–H groups in total. The molecule has 118 valence electrons. The van der Waals surface area contributed by atoms with E-state index in [0.717, 1.165) is 12.1 Å². The van der Waals surface area contributed by atoms with Gasteiger partial charge in [-0.1, -0.05) is 23.7 Å². The van der Waals surface area contributed by atoms with Gasteiger partial charge in [-0.05, 0) is 23.3 Å². The minimum Gasteiger partial charge on any atom is -0.406 e. The summed E-state index contributed by atoms with van der Waals surface area (Å²) in [6.45, 7) is 0. The first-order valence-corrected chi connectivity index (χ1v) is 7.06. The van der Waals surface area contributed by atoms with Crippen LogP contribution in [-0.2, 0) is 5.75 Å². The Morgan fingerprint density at radius 1 is 1.18 bits per heavy atom. The van der Waals surface area contributed by atoms with Crippen molar-refractivity contribution in [1.82, 2.24) is 4.98 Å². The van der Waals surface area contributed by atoms with E-state index in [1.165, 1.54) is 24.5 Å². The highest BCUT2D eigenvalue weighted by atomic mass is 35.5. The standard InChI is InChI=1S/C14H10ClF4NOS/c15-11-6-20-5-9(7-22)12(11)13(16)8-1-3-10(4-2-8)21-14(17,18)19/h1-6,13,22H,7H2/t13-/m0/s1. The zero-order chi connectivity index (χ0) is 16.3. The number of halogens is 5. The van der Waals surface area contributed by atoms with Crippen molar-refractivity contribution >= 4 is 24.2 Å². The molecule has 0 amide bonds. The topological polar surface area (TPSA) is 22.1 Å². The monoisotopic (exact) mass is 351 g/mol.